The molecule has 0 heterocycles. The van der Waals surface area contributed by atoms with Gasteiger partial charge in [-0.1, -0.05) is 69.3 Å². The Bertz CT molecular complexity index is 1100. The molecule has 31 heavy (non-hydrogen) atoms. The number of carbonyl (C=O) groups is 1. The van der Waals surface area contributed by atoms with Crippen LogP contribution < -0.4 is 0 Å². The lowest BCUT2D eigenvalue weighted by atomic mass is 9.97. The Kier molecular flexibility index (Phi) is 5.93. The standard InChI is InChI=1S/C28H34O2Si/c1-28(2,3)31(4,5)30-16-15-20-9-10-24-18-25(14-13-23(24)17-20)22-7-6-8-26(19-22)27(29)21-11-12-21/h6-10,13-14,17-19,21H,11-12,15-16H2,1-5H3. The van der Waals surface area contributed by atoms with Gasteiger partial charge < -0.3 is 4.43 Å². The number of hydrogen-bond acceptors (Lipinski definition) is 2. The molecule has 1 aliphatic rings. The number of ketones is 1. The van der Waals surface area contributed by atoms with E-state index < -0.39 is 8.32 Å². The topological polar surface area (TPSA) is 26.3 Å². The molecule has 0 amide bonds. The normalized spacial score (nSPS) is 14.7. The molecule has 4 rings (SSSR count). The van der Waals surface area contributed by atoms with Crippen LogP contribution in [0.5, 0.6) is 0 Å². The monoisotopic (exact) mass is 430 g/mol. The van der Waals surface area contributed by atoms with E-state index in [-0.39, 0.29) is 11.0 Å². The largest absolute Gasteiger partial charge is 0.416 e. The van der Waals surface area contributed by atoms with E-state index in [4.69, 9.17) is 4.43 Å². The van der Waals surface area contributed by atoms with Gasteiger partial charge in [0.15, 0.2) is 14.1 Å². The van der Waals surface area contributed by atoms with Crippen molar-refractivity contribution in [1.29, 1.82) is 0 Å². The molecule has 0 aromatic heterocycles. The van der Waals surface area contributed by atoms with Crippen LogP contribution in [0.3, 0.4) is 0 Å². The first-order chi connectivity index (χ1) is 14.6. The minimum absolute atomic E-state index is 0.243. The molecule has 0 bridgehead atoms. The van der Waals surface area contributed by atoms with Crippen molar-refractivity contribution in [3.8, 4) is 11.1 Å². The first kappa shape index (κ1) is 22.0. The molecule has 1 saturated carbocycles. The van der Waals surface area contributed by atoms with Crippen LogP contribution >= 0.6 is 0 Å². The number of hydrogen-bond donors (Lipinski definition) is 0. The number of fused-ring (bicyclic) bond motifs is 1. The second-order valence-corrected chi connectivity index (χ2v) is 15.3. The SMILES string of the molecule is CC(C)(C)[Si](C)(C)OCCc1ccc2cc(-c3cccc(C(=O)C4CC4)c3)ccc2c1. The number of carbonyl (C=O) groups excluding carboxylic acids is 1. The van der Waals surface area contributed by atoms with Crippen molar-refractivity contribution in [1.82, 2.24) is 0 Å². The van der Waals surface area contributed by atoms with Gasteiger partial charge in [-0.15, -0.1) is 0 Å². The Morgan fingerprint density at radius 1 is 0.935 bits per heavy atom. The van der Waals surface area contributed by atoms with Crippen LogP contribution in [0.2, 0.25) is 18.1 Å². The molecule has 0 atom stereocenters. The Labute approximate surface area is 187 Å². The summed E-state index contributed by atoms with van der Waals surface area (Å²) in [6.07, 6.45) is 3.03. The highest BCUT2D eigenvalue weighted by atomic mass is 28.4. The molecule has 3 heteroatoms. The molecule has 3 aromatic carbocycles. The van der Waals surface area contributed by atoms with E-state index in [1.54, 1.807) is 0 Å². The van der Waals surface area contributed by atoms with Gasteiger partial charge in [0.05, 0.1) is 0 Å². The number of rotatable bonds is 7. The minimum atomic E-state index is -1.70. The second-order valence-electron chi connectivity index (χ2n) is 10.5. The Morgan fingerprint density at radius 2 is 1.61 bits per heavy atom. The zero-order valence-corrected chi connectivity index (χ0v) is 20.5. The van der Waals surface area contributed by atoms with Gasteiger partial charge in [0.1, 0.15) is 0 Å². The highest BCUT2D eigenvalue weighted by Crippen LogP contribution is 2.37. The molecule has 162 valence electrons. The van der Waals surface area contributed by atoms with Gasteiger partial charge in [0.25, 0.3) is 0 Å². The summed E-state index contributed by atoms with van der Waals surface area (Å²) in [5.41, 5.74) is 4.43. The predicted molar refractivity (Wildman–Crippen MR) is 133 cm³/mol. The lowest BCUT2D eigenvalue weighted by Gasteiger charge is -2.36. The van der Waals surface area contributed by atoms with Crippen molar-refractivity contribution in [2.45, 2.75) is 58.2 Å². The number of Topliss-reactive ketones (excluding diaryl/α,β-unsaturated/α-hetero) is 1. The summed E-state index contributed by atoms with van der Waals surface area (Å²) >= 11 is 0. The molecule has 2 nitrogen and oxygen atoms in total. The maximum Gasteiger partial charge on any atom is 0.191 e. The smallest absolute Gasteiger partial charge is 0.191 e. The van der Waals surface area contributed by atoms with Gasteiger partial charge in [-0.3, -0.25) is 4.79 Å². The van der Waals surface area contributed by atoms with Crippen LogP contribution in [-0.2, 0) is 10.8 Å². The fraction of sp³-hybridized carbons (Fsp3) is 0.393. The van der Waals surface area contributed by atoms with Gasteiger partial charge in [-0.05, 0) is 77.0 Å². The average Bonchev–Trinajstić information content (AvgIpc) is 3.57. The van der Waals surface area contributed by atoms with Gasteiger partial charge in [0, 0.05) is 18.1 Å². The van der Waals surface area contributed by atoms with Gasteiger partial charge >= 0.3 is 0 Å². The van der Waals surface area contributed by atoms with E-state index in [2.05, 4.69) is 76.3 Å². The van der Waals surface area contributed by atoms with Crippen molar-refractivity contribution in [2.75, 3.05) is 6.61 Å². The Morgan fingerprint density at radius 3 is 2.32 bits per heavy atom. The van der Waals surface area contributed by atoms with Crippen molar-refractivity contribution < 1.29 is 9.22 Å². The summed E-state index contributed by atoms with van der Waals surface area (Å²) in [4.78, 5) is 12.4. The van der Waals surface area contributed by atoms with Crippen LogP contribution in [0.4, 0.5) is 0 Å². The molecule has 0 spiro atoms. The highest BCUT2D eigenvalue weighted by molar-refractivity contribution is 6.74. The van der Waals surface area contributed by atoms with E-state index >= 15 is 0 Å². The van der Waals surface area contributed by atoms with Gasteiger partial charge in [0.2, 0.25) is 0 Å². The third-order valence-electron chi connectivity index (χ3n) is 6.99. The Hall–Kier alpha value is -2.23. The minimum Gasteiger partial charge on any atom is -0.416 e. The lowest BCUT2D eigenvalue weighted by Crippen LogP contribution is -2.41. The van der Waals surface area contributed by atoms with Crippen molar-refractivity contribution in [3.63, 3.8) is 0 Å². The summed E-state index contributed by atoms with van der Waals surface area (Å²) in [7, 11) is -1.70. The predicted octanol–water partition coefficient (Wildman–Crippen LogP) is 7.66. The number of benzene rings is 3. The van der Waals surface area contributed by atoms with Gasteiger partial charge in [-0.25, -0.2) is 0 Å². The summed E-state index contributed by atoms with van der Waals surface area (Å²) in [6, 6.07) is 21.4. The molecule has 0 N–H and O–H groups in total. The average molecular weight is 431 g/mol. The zero-order valence-electron chi connectivity index (χ0n) is 19.5. The zero-order chi connectivity index (χ0) is 22.2. The van der Waals surface area contributed by atoms with Crippen LogP contribution in [-0.4, -0.2) is 20.7 Å². The van der Waals surface area contributed by atoms with E-state index in [0.717, 1.165) is 42.6 Å². The molecule has 0 unspecified atom stereocenters. The molecule has 0 saturated heterocycles. The van der Waals surface area contributed by atoms with E-state index in [9.17, 15) is 4.79 Å². The highest BCUT2D eigenvalue weighted by Gasteiger charge is 2.36. The fourth-order valence-corrected chi connectivity index (χ4v) is 4.75. The van der Waals surface area contributed by atoms with Crippen LogP contribution in [0.1, 0.15) is 49.5 Å². The fourth-order valence-electron chi connectivity index (χ4n) is 3.70. The van der Waals surface area contributed by atoms with E-state index in [1.165, 1.54) is 16.3 Å². The summed E-state index contributed by atoms with van der Waals surface area (Å²) < 4.78 is 6.35. The van der Waals surface area contributed by atoms with E-state index in [0.29, 0.717) is 5.78 Å². The van der Waals surface area contributed by atoms with Crippen molar-refractivity contribution >= 4 is 24.9 Å². The lowest BCUT2D eigenvalue weighted by molar-refractivity contribution is 0.0967. The summed E-state index contributed by atoms with van der Waals surface area (Å²) in [6.45, 7) is 12.2. The van der Waals surface area contributed by atoms with Crippen LogP contribution in [0, 0.1) is 5.92 Å². The van der Waals surface area contributed by atoms with Crippen LogP contribution in [0.25, 0.3) is 21.9 Å². The molecular weight excluding hydrogens is 396 g/mol. The molecule has 3 aromatic rings. The van der Waals surface area contributed by atoms with E-state index in [1.807, 2.05) is 18.2 Å². The first-order valence-corrected chi connectivity index (χ1v) is 14.4. The first-order valence-electron chi connectivity index (χ1n) is 11.5. The van der Waals surface area contributed by atoms with Crippen molar-refractivity contribution in [3.05, 3.63) is 71.8 Å². The van der Waals surface area contributed by atoms with Gasteiger partial charge in [-0.2, -0.15) is 0 Å². The molecule has 1 fully saturated rings. The second kappa shape index (κ2) is 8.37. The van der Waals surface area contributed by atoms with Crippen LogP contribution in [0.15, 0.2) is 60.7 Å². The molecule has 0 radical (unpaired) electrons. The van der Waals surface area contributed by atoms with Crippen molar-refractivity contribution in [2.24, 2.45) is 5.92 Å². The Balaban J connectivity index is 1.49. The summed E-state index contributed by atoms with van der Waals surface area (Å²) in [5.74, 6) is 0.554. The summed E-state index contributed by atoms with van der Waals surface area (Å²) in [5, 5.41) is 2.72. The third-order valence-corrected chi connectivity index (χ3v) is 11.5. The maximum atomic E-state index is 12.4. The maximum absolute atomic E-state index is 12.4. The quantitative estimate of drug-likeness (QED) is 0.284. The molecule has 0 aliphatic heterocycles. The third kappa shape index (κ3) is 4.99. The molecule has 1 aliphatic carbocycles. The molecular formula is C28H34O2Si.